The molecule has 3 nitrogen and oxygen atoms in total. The van der Waals surface area contributed by atoms with E-state index < -0.39 is 0 Å². The summed E-state index contributed by atoms with van der Waals surface area (Å²) in [6.45, 7) is 1.67. The molecule has 16 heavy (non-hydrogen) atoms. The van der Waals surface area contributed by atoms with E-state index in [1.807, 2.05) is 0 Å². The number of aliphatic hydroxyl groups is 1. The van der Waals surface area contributed by atoms with Crippen LogP contribution in [0.4, 0.5) is 4.39 Å². The first kappa shape index (κ1) is 12.4. The fraction of sp³-hybridized carbons (Fsp3) is 0.250. The Kier molecular flexibility index (Phi) is 4.66. The van der Waals surface area contributed by atoms with E-state index >= 15 is 0 Å². The Morgan fingerprint density at radius 3 is 2.94 bits per heavy atom. The van der Waals surface area contributed by atoms with Gasteiger partial charge in [0.2, 0.25) is 5.91 Å². The zero-order valence-electron chi connectivity index (χ0n) is 9.03. The first-order valence-corrected chi connectivity index (χ1v) is 4.93. The van der Waals surface area contributed by atoms with Crippen LogP contribution in [0.25, 0.3) is 6.08 Å². The molecule has 0 aliphatic rings. The van der Waals surface area contributed by atoms with E-state index in [2.05, 4.69) is 5.32 Å². The quantitative estimate of drug-likeness (QED) is 0.812. The molecule has 1 aromatic carbocycles. The maximum Gasteiger partial charge on any atom is 0.217 e. The molecule has 0 aliphatic carbocycles. The van der Waals surface area contributed by atoms with E-state index in [4.69, 9.17) is 5.11 Å². The number of benzene rings is 1. The van der Waals surface area contributed by atoms with Crippen molar-refractivity contribution in [2.24, 2.45) is 0 Å². The number of rotatable bonds is 4. The Hall–Kier alpha value is -1.68. The van der Waals surface area contributed by atoms with Crippen LogP contribution in [0.2, 0.25) is 0 Å². The van der Waals surface area contributed by atoms with Crippen molar-refractivity contribution in [1.29, 1.82) is 0 Å². The van der Waals surface area contributed by atoms with Crippen molar-refractivity contribution in [2.75, 3.05) is 6.54 Å². The summed E-state index contributed by atoms with van der Waals surface area (Å²) in [4.78, 5) is 10.6. The molecule has 0 heterocycles. The number of carbonyl (C=O) groups excluding carboxylic acids is 1. The van der Waals surface area contributed by atoms with Gasteiger partial charge in [-0.3, -0.25) is 4.79 Å². The van der Waals surface area contributed by atoms with Crippen LogP contribution in [0.15, 0.2) is 24.3 Å². The Balaban J connectivity index is 2.71. The molecule has 1 amide bonds. The Morgan fingerprint density at radius 2 is 2.31 bits per heavy atom. The summed E-state index contributed by atoms with van der Waals surface area (Å²) in [5, 5.41) is 11.6. The zero-order chi connectivity index (χ0) is 12.0. The van der Waals surface area contributed by atoms with Gasteiger partial charge in [0.05, 0.1) is 6.61 Å². The molecular weight excluding hydrogens is 209 g/mol. The third-order valence-corrected chi connectivity index (χ3v) is 2.04. The second-order valence-electron chi connectivity index (χ2n) is 3.34. The maximum absolute atomic E-state index is 12.9. The minimum absolute atomic E-state index is 0.119. The minimum Gasteiger partial charge on any atom is -0.392 e. The molecule has 0 unspecified atom stereocenters. The third-order valence-electron chi connectivity index (χ3n) is 2.04. The Bertz CT molecular complexity index is 402. The molecule has 1 rings (SSSR count). The first-order chi connectivity index (χ1) is 7.63. The Morgan fingerprint density at radius 1 is 1.56 bits per heavy atom. The molecule has 0 radical (unpaired) electrons. The molecule has 0 saturated carbocycles. The van der Waals surface area contributed by atoms with Crippen molar-refractivity contribution in [3.05, 3.63) is 41.2 Å². The summed E-state index contributed by atoms with van der Waals surface area (Å²) >= 11 is 0. The van der Waals surface area contributed by atoms with Crippen molar-refractivity contribution in [3.8, 4) is 0 Å². The zero-order valence-corrected chi connectivity index (χ0v) is 9.03. The topological polar surface area (TPSA) is 49.3 Å². The predicted octanol–water partition coefficient (Wildman–Crippen LogP) is 1.47. The van der Waals surface area contributed by atoms with Crippen LogP contribution in [0.3, 0.4) is 0 Å². The highest BCUT2D eigenvalue weighted by Crippen LogP contribution is 2.12. The second-order valence-corrected chi connectivity index (χ2v) is 3.34. The van der Waals surface area contributed by atoms with E-state index in [1.165, 1.54) is 25.1 Å². The van der Waals surface area contributed by atoms with E-state index in [-0.39, 0.29) is 18.3 Å². The summed E-state index contributed by atoms with van der Waals surface area (Å²) in [6, 6.07) is 4.18. The number of nitrogens with one attached hydrogen (secondary N) is 1. The van der Waals surface area contributed by atoms with Gasteiger partial charge in [-0.15, -0.1) is 0 Å². The average Bonchev–Trinajstić information content (AvgIpc) is 2.24. The van der Waals surface area contributed by atoms with Crippen molar-refractivity contribution < 1.29 is 14.3 Å². The molecule has 0 bridgehead atoms. The van der Waals surface area contributed by atoms with Gasteiger partial charge in [0.15, 0.2) is 0 Å². The monoisotopic (exact) mass is 223 g/mol. The lowest BCUT2D eigenvalue weighted by molar-refractivity contribution is -0.118. The predicted molar refractivity (Wildman–Crippen MR) is 60.0 cm³/mol. The van der Waals surface area contributed by atoms with Crippen molar-refractivity contribution in [2.45, 2.75) is 13.5 Å². The molecule has 0 aliphatic heterocycles. The third kappa shape index (κ3) is 3.82. The summed E-state index contributed by atoms with van der Waals surface area (Å²) < 4.78 is 12.9. The van der Waals surface area contributed by atoms with Gasteiger partial charge in [-0.25, -0.2) is 4.39 Å². The Labute approximate surface area is 93.6 Å². The van der Waals surface area contributed by atoms with Gasteiger partial charge < -0.3 is 10.4 Å². The lowest BCUT2D eigenvalue weighted by Gasteiger charge is -2.02. The van der Waals surface area contributed by atoms with Crippen LogP contribution in [0, 0.1) is 5.82 Å². The minimum atomic E-state index is -0.351. The largest absolute Gasteiger partial charge is 0.392 e. The van der Waals surface area contributed by atoms with Gasteiger partial charge in [-0.05, 0) is 23.3 Å². The number of carbonyl (C=O) groups is 1. The SMILES string of the molecule is CC(=O)NCC=Cc1cc(F)ccc1CO. The molecule has 0 saturated heterocycles. The van der Waals surface area contributed by atoms with E-state index in [0.29, 0.717) is 17.7 Å². The van der Waals surface area contributed by atoms with E-state index in [0.717, 1.165) is 0 Å². The molecule has 2 N–H and O–H groups in total. The first-order valence-electron chi connectivity index (χ1n) is 4.93. The molecule has 0 aromatic heterocycles. The molecule has 1 aromatic rings. The fourth-order valence-electron chi connectivity index (χ4n) is 1.25. The lowest BCUT2D eigenvalue weighted by atomic mass is 10.1. The van der Waals surface area contributed by atoms with Crippen LogP contribution in [0.5, 0.6) is 0 Å². The van der Waals surface area contributed by atoms with Crippen LogP contribution in [0.1, 0.15) is 18.1 Å². The van der Waals surface area contributed by atoms with Gasteiger partial charge in [0.1, 0.15) is 5.82 Å². The normalized spacial score (nSPS) is 10.7. The molecule has 86 valence electrons. The van der Waals surface area contributed by atoms with Crippen LogP contribution in [-0.4, -0.2) is 17.6 Å². The average molecular weight is 223 g/mol. The van der Waals surface area contributed by atoms with Gasteiger partial charge in [0.25, 0.3) is 0 Å². The highest BCUT2D eigenvalue weighted by atomic mass is 19.1. The van der Waals surface area contributed by atoms with Crippen LogP contribution in [-0.2, 0) is 11.4 Å². The molecule has 4 heteroatoms. The molecule has 0 fully saturated rings. The lowest BCUT2D eigenvalue weighted by Crippen LogP contribution is -2.19. The van der Waals surface area contributed by atoms with Crippen LogP contribution >= 0.6 is 0 Å². The maximum atomic E-state index is 12.9. The standard InChI is InChI=1S/C12H14FNO2/c1-9(16)14-6-2-3-10-7-12(13)5-4-11(10)8-15/h2-5,7,15H,6,8H2,1H3,(H,14,16). The van der Waals surface area contributed by atoms with Gasteiger partial charge in [-0.1, -0.05) is 18.2 Å². The van der Waals surface area contributed by atoms with Gasteiger partial charge in [-0.2, -0.15) is 0 Å². The summed E-state index contributed by atoms with van der Waals surface area (Å²) in [5.41, 5.74) is 1.27. The second kappa shape index (κ2) is 6.02. The number of amides is 1. The number of aliphatic hydroxyl groups excluding tert-OH is 1. The number of halogens is 1. The van der Waals surface area contributed by atoms with Crippen molar-refractivity contribution in [1.82, 2.24) is 5.32 Å². The number of hydrogen-bond donors (Lipinski definition) is 2. The highest BCUT2D eigenvalue weighted by molar-refractivity contribution is 5.73. The summed E-state index contributed by atoms with van der Waals surface area (Å²) in [6.07, 6.45) is 3.37. The van der Waals surface area contributed by atoms with Crippen molar-refractivity contribution in [3.63, 3.8) is 0 Å². The van der Waals surface area contributed by atoms with Crippen molar-refractivity contribution >= 4 is 12.0 Å². The molecular formula is C12H14FNO2. The van der Waals surface area contributed by atoms with Crippen LogP contribution < -0.4 is 5.32 Å². The molecule has 0 atom stereocenters. The molecule has 0 spiro atoms. The van der Waals surface area contributed by atoms with Gasteiger partial charge in [0, 0.05) is 13.5 Å². The van der Waals surface area contributed by atoms with E-state index in [9.17, 15) is 9.18 Å². The smallest absolute Gasteiger partial charge is 0.217 e. The van der Waals surface area contributed by atoms with E-state index in [1.54, 1.807) is 12.2 Å². The highest BCUT2D eigenvalue weighted by Gasteiger charge is 1.99. The summed E-state index contributed by atoms with van der Waals surface area (Å²) in [7, 11) is 0. The van der Waals surface area contributed by atoms with Gasteiger partial charge >= 0.3 is 0 Å². The fourth-order valence-corrected chi connectivity index (χ4v) is 1.25. The number of hydrogen-bond acceptors (Lipinski definition) is 2. The summed E-state index contributed by atoms with van der Waals surface area (Å²) in [5.74, 6) is -0.470.